The van der Waals surface area contributed by atoms with Gasteiger partial charge < -0.3 is 9.30 Å². The maximum atomic E-state index is 10.9. The Labute approximate surface area is 129 Å². The van der Waals surface area contributed by atoms with Crippen LogP contribution in [0, 0.1) is 6.92 Å². The third kappa shape index (κ3) is 3.09. The van der Waals surface area contributed by atoms with Gasteiger partial charge in [0.25, 0.3) is 0 Å². The summed E-state index contributed by atoms with van der Waals surface area (Å²) in [5, 5.41) is 0.588. The second kappa shape index (κ2) is 6.46. The van der Waals surface area contributed by atoms with Crippen LogP contribution in [-0.4, -0.2) is 18.0 Å². The van der Waals surface area contributed by atoms with Crippen molar-refractivity contribution in [3.8, 4) is 11.4 Å². The number of halogens is 1. The molecule has 3 nitrogen and oxygen atoms in total. The van der Waals surface area contributed by atoms with Gasteiger partial charge in [-0.2, -0.15) is 0 Å². The van der Waals surface area contributed by atoms with Crippen molar-refractivity contribution in [1.82, 2.24) is 4.57 Å². The first-order valence-corrected chi connectivity index (χ1v) is 6.79. The van der Waals surface area contributed by atoms with Crippen LogP contribution < -0.4 is 4.74 Å². The molecule has 0 aliphatic rings. The van der Waals surface area contributed by atoms with Gasteiger partial charge in [0.15, 0.2) is 0 Å². The number of carbonyl (C=O) groups excluding carboxylic acids is 1. The molecule has 0 N–H and O–H groups in total. The highest BCUT2D eigenvalue weighted by molar-refractivity contribution is 6.32. The number of hydrogen-bond acceptors (Lipinski definition) is 2. The summed E-state index contributed by atoms with van der Waals surface area (Å²) < 4.78 is 7.12. The van der Waals surface area contributed by atoms with Gasteiger partial charge in [-0.3, -0.25) is 4.79 Å². The first-order chi connectivity index (χ1) is 10.1. The number of ether oxygens (including phenoxy) is 1. The molecule has 0 saturated carbocycles. The van der Waals surface area contributed by atoms with Gasteiger partial charge in [0.2, 0.25) is 0 Å². The number of allylic oxidation sites excluding steroid dienone is 2. The monoisotopic (exact) mass is 301 g/mol. The van der Waals surface area contributed by atoms with Crippen LogP contribution in [0.1, 0.15) is 11.3 Å². The van der Waals surface area contributed by atoms with Crippen LogP contribution in [0.15, 0.2) is 48.7 Å². The first-order valence-electron chi connectivity index (χ1n) is 6.42. The number of benzene rings is 1. The molecule has 108 valence electrons. The van der Waals surface area contributed by atoms with Gasteiger partial charge >= 0.3 is 0 Å². The Hall–Kier alpha value is -2.26. The summed E-state index contributed by atoms with van der Waals surface area (Å²) in [5.74, 6) is 0.796. The highest BCUT2D eigenvalue weighted by Crippen LogP contribution is 2.28. The van der Waals surface area contributed by atoms with Gasteiger partial charge in [0.05, 0.1) is 12.1 Å². The minimum atomic E-state index is 0.493. The zero-order valence-electron chi connectivity index (χ0n) is 12.0. The third-order valence-corrected chi connectivity index (χ3v) is 3.59. The van der Waals surface area contributed by atoms with E-state index in [0.29, 0.717) is 10.6 Å². The third-order valence-electron chi connectivity index (χ3n) is 3.28. The molecule has 0 aliphatic carbocycles. The Morgan fingerprint density at radius 3 is 2.52 bits per heavy atom. The van der Waals surface area contributed by atoms with Crippen LogP contribution in [0.2, 0.25) is 5.02 Å². The topological polar surface area (TPSA) is 31.2 Å². The zero-order valence-corrected chi connectivity index (χ0v) is 12.7. The van der Waals surface area contributed by atoms with Crippen LogP contribution in [-0.2, 0) is 4.79 Å². The molecule has 2 aromatic rings. The van der Waals surface area contributed by atoms with E-state index in [0.717, 1.165) is 29.0 Å². The number of aromatic nitrogens is 1. The van der Waals surface area contributed by atoms with Crippen molar-refractivity contribution in [2.24, 2.45) is 0 Å². The molecular formula is C17H16ClNO2. The van der Waals surface area contributed by atoms with Crippen molar-refractivity contribution in [1.29, 1.82) is 0 Å². The molecule has 1 aromatic heterocycles. The summed E-state index contributed by atoms with van der Waals surface area (Å²) >= 11 is 6.28. The molecule has 1 aromatic carbocycles. The summed E-state index contributed by atoms with van der Waals surface area (Å²) in [6, 6.07) is 7.67. The van der Waals surface area contributed by atoms with Gasteiger partial charge in [0.1, 0.15) is 12.0 Å². The van der Waals surface area contributed by atoms with E-state index in [4.69, 9.17) is 16.3 Å². The minimum absolute atomic E-state index is 0.493. The molecule has 0 amide bonds. The van der Waals surface area contributed by atoms with Gasteiger partial charge in [-0.25, -0.2) is 0 Å². The molecule has 21 heavy (non-hydrogen) atoms. The molecule has 4 heteroatoms. The van der Waals surface area contributed by atoms with Gasteiger partial charge in [-0.1, -0.05) is 24.3 Å². The van der Waals surface area contributed by atoms with E-state index in [2.05, 4.69) is 6.58 Å². The van der Waals surface area contributed by atoms with E-state index in [-0.39, 0.29) is 0 Å². The second-order valence-corrected chi connectivity index (χ2v) is 4.92. The lowest BCUT2D eigenvalue weighted by Gasteiger charge is -2.07. The van der Waals surface area contributed by atoms with Crippen molar-refractivity contribution < 1.29 is 9.53 Å². The van der Waals surface area contributed by atoms with E-state index < -0.39 is 0 Å². The Morgan fingerprint density at radius 2 is 2.00 bits per heavy atom. The molecule has 0 fully saturated rings. The quantitative estimate of drug-likeness (QED) is 0.470. The fourth-order valence-electron chi connectivity index (χ4n) is 2.07. The maximum absolute atomic E-state index is 10.9. The largest absolute Gasteiger partial charge is 0.497 e. The lowest BCUT2D eigenvalue weighted by molar-refractivity contribution is -0.104. The van der Waals surface area contributed by atoms with E-state index in [1.165, 1.54) is 6.08 Å². The minimum Gasteiger partial charge on any atom is -0.497 e. The number of rotatable bonds is 5. The first kappa shape index (κ1) is 15.1. The Kier molecular flexibility index (Phi) is 4.66. The average molecular weight is 302 g/mol. The maximum Gasteiger partial charge on any atom is 0.150 e. The van der Waals surface area contributed by atoms with Crippen LogP contribution >= 0.6 is 11.6 Å². The lowest BCUT2D eigenvalue weighted by atomic mass is 10.1. The van der Waals surface area contributed by atoms with E-state index >= 15 is 0 Å². The van der Waals surface area contributed by atoms with E-state index in [9.17, 15) is 4.79 Å². The molecule has 0 saturated heterocycles. The number of methoxy groups -OCH3 is 1. The van der Waals surface area contributed by atoms with Crippen LogP contribution in [0.25, 0.3) is 11.8 Å². The molecule has 0 aliphatic heterocycles. The van der Waals surface area contributed by atoms with Crippen LogP contribution in [0.5, 0.6) is 5.75 Å². The second-order valence-electron chi connectivity index (χ2n) is 4.51. The molecular weight excluding hydrogens is 286 g/mol. The predicted octanol–water partition coefficient (Wildman–Crippen LogP) is 4.22. The summed E-state index contributed by atoms with van der Waals surface area (Å²) in [7, 11) is 1.63. The van der Waals surface area contributed by atoms with Crippen molar-refractivity contribution >= 4 is 24.0 Å². The molecule has 0 spiro atoms. The molecule has 0 unspecified atom stereocenters. The fraction of sp³-hybridized carbons (Fsp3) is 0.118. The van der Waals surface area contributed by atoms with E-state index in [1.807, 2.05) is 42.0 Å². The van der Waals surface area contributed by atoms with Crippen LogP contribution in [0.4, 0.5) is 0 Å². The normalized spacial score (nSPS) is 11.3. The smallest absolute Gasteiger partial charge is 0.150 e. The highest BCUT2D eigenvalue weighted by atomic mass is 35.5. The van der Waals surface area contributed by atoms with Crippen LogP contribution in [0.3, 0.4) is 0 Å². The molecule has 0 radical (unpaired) electrons. The number of nitrogens with zero attached hydrogens (tertiary/aromatic N) is 1. The molecule has 1 heterocycles. The zero-order chi connectivity index (χ0) is 15.4. The summed E-state index contributed by atoms with van der Waals surface area (Å²) in [4.78, 5) is 10.9. The summed E-state index contributed by atoms with van der Waals surface area (Å²) in [5.41, 5.74) is 3.23. The predicted molar refractivity (Wildman–Crippen MR) is 86.3 cm³/mol. The Bertz CT molecular complexity index is 686. The van der Waals surface area contributed by atoms with Gasteiger partial charge in [0, 0.05) is 28.7 Å². The van der Waals surface area contributed by atoms with Crippen molar-refractivity contribution in [3.05, 3.63) is 65.0 Å². The number of aldehydes is 1. The SMILES string of the molecule is C=C/C(C=O)=C\c1c(Cl)cn(-c2ccc(OC)cc2)c1C. The molecule has 0 bridgehead atoms. The Balaban J connectivity index is 2.49. The fourth-order valence-corrected chi connectivity index (χ4v) is 2.36. The van der Waals surface area contributed by atoms with Crippen molar-refractivity contribution in [2.75, 3.05) is 7.11 Å². The molecule has 0 atom stereocenters. The number of hydrogen-bond donors (Lipinski definition) is 0. The van der Waals surface area contributed by atoms with Gasteiger partial charge in [-0.05, 0) is 37.3 Å². The summed E-state index contributed by atoms with van der Waals surface area (Å²) in [6.45, 7) is 5.56. The van der Waals surface area contributed by atoms with Crippen molar-refractivity contribution in [3.63, 3.8) is 0 Å². The Morgan fingerprint density at radius 1 is 1.33 bits per heavy atom. The number of carbonyl (C=O) groups is 1. The summed E-state index contributed by atoms with van der Waals surface area (Å²) in [6.07, 6.45) is 5.83. The standard InChI is InChI=1S/C17H16ClNO2/c1-4-13(11-20)9-16-12(2)19(10-17(16)18)14-5-7-15(21-3)8-6-14/h4-11H,1H2,2-3H3/b13-9+. The average Bonchev–Trinajstić information content (AvgIpc) is 2.80. The van der Waals surface area contributed by atoms with Crippen molar-refractivity contribution in [2.45, 2.75) is 6.92 Å². The molecule has 2 rings (SSSR count). The highest BCUT2D eigenvalue weighted by Gasteiger charge is 2.11. The van der Waals surface area contributed by atoms with E-state index in [1.54, 1.807) is 13.2 Å². The lowest BCUT2D eigenvalue weighted by Crippen LogP contribution is -1.95. The van der Waals surface area contributed by atoms with Gasteiger partial charge in [-0.15, -0.1) is 0 Å².